The highest BCUT2D eigenvalue weighted by Crippen LogP contribution is 2.35. The van der Waals surface area contributed by atoms with Crippen LogP contribution in [0.5, 0.6) is 0 Å². The van der Waals surface area contributed by atoms with Gasteiger partial charge in [0.25, 0.3) is 0 Å². The van der Waals surface area contributed by atoms with Gasteiger partial charge >= 0.3 is 13.8 Å². The predicted molar refractivity (Wildman–Crippen MR) is 58.6 cm³/mol. The lowest BCUT2D eigenvalue weighted by molar-refractivity contribution is -0.143. The molecule has 0 aliphatic carbocycles. The van der Waals surface area contributed by atoms with E-state index in [9.17, 15) is 14.2 Å². The third-order valence-corrected chi connectivity index (χ3v) is 2.89. The quantitative estimate of drug-likeness (QED) is 0.367. The number of hydrogen-bond acceptors (Lipinski definition) is 5. The molecule has 0 unspecified atom stereocenters. The lowest BCUT2D eigenvalue weighted by atomic mass is 10.2. The average Bonchev–Trinajstić information content (AvgIpc) is 2.75. The minimum absolute atomic E-state index is 0.470. The van der Waals surface area contributed by atoms with Gasteiger partial charge in [0.15, 0.2) is 6.04 Å². The smallest absolute Gasteiger partial charge is 0.469 e. The van der Waals surface area contributed by atoms with E-state index in [4.69, 9.17) is 14.9 Å². The van der Waals surface area contributed by atoms with E-state index in [0.29, 0.717) is 13.0 Å². The van der Waals surface area contributed by atoms with E-state index in [1.54, 1.807) is 0 Å². The van der Waals surface area contributed by atoms with E-state index in [-0.39, 0.29) is 0 Å². The maximum absolute atomic E-state index is 11.6. The first-order valence-electron chi connectivity index (χ1n) is 5.26. The molecular weight excluding hydrogens is 267 g/mol. The lowest BCUT2D eigenvalue weighted by Crippen LogP contribution is -2.50. The van der Waals surface area contributed by atoms with Gasteiger partial charge in [-0.25, -0.2) is 9.36 Å². The molecular formula is C8H15N2O7P. The van der Waals surface area contributed by atoms with Gasteiger partial charge in [0, 0.05) is 0 Å². The second-order valence-corrected chi connectivity index (χ2v) is 5.07. The van der Waals surface area contributed by atoms with E-state index in [1.807, 2.05) is 0 Å². The summed E-state index contributed by atoms with van der Waals surface area (Å²) < 4.78 is 14.5. The molecule has 10 heteroatoms. The molecule has 0 aromatic rings. The Morgan fingerprint density at radius 2 is 2.17 bits per heavy atom. The number of aliphatic carboxylic acids is 1. The molecule has 1 rings (SSSR count). The minimum atomic E-state index is -4.76. The Kier molecular flexibility index (Phi) is 5.24. The van der Waals surface area contributed by atoms with Crippen LogP contribution in [0, 0.1) is 0 Å². The Balaban J connectivity index is 2.49. The number of carbonyl (C=O) groups excluding carboxylic acids is 1. The molecule has 5 N–H and O–H groups in total. The normalized spacial score (nSPS) is 21.6. The Morgan fingerprint density at radius 1 is 1.50 bits per heavy atom. The first kappa shape index (κ1) is 15.1. The van der Waals surface area contributed by atoms with Crippen molar-refractivity contribution in [3.8, 4) is 0 Å². The third kappa shape index (κ3) is 5.11. The highest BCUT2D eigenvalue weighted by molar-refractivity contribution is 7.46. The Labute approximate surface area is 103 Å². The first-order valence-corrected chi connectivity index (χ1v) is 6.79. The Bertz CT molecular complexity index is 362. The van der Waals surface area contributed by atoms with Crippen LogP contribution in [0.1, 0.15) is 12.8 Å². The number of hydrogen-bond donors (Lipinski definition) is 5. The molecule has 104 valence electrons. The van der Waals surface area contributed by atoms with Crippen molar-refractivity contribution in [2.45, 2.75) is 24.9 Å². The molecule has 1 aliphatic rings. The zero-order chi connectivity index (χ0) is 13.8. The van der Waals surface area contributed by atoms with Crippen LogP contribution >= 0.6 is 7.82 Å². The number of amides is 1. The minimum Gasteiger partial charge on any atom is -0.480 e. The summed E-state index contributed by atoms with van der Waals surface area (Å²) in [6.07, 6.45) is 1.41. The van der Waals surface area contributed by atoms with E-state index >= 15 is 0 Å². The Morgan fingerprint density at radius 3 is 2.61 bits per heavy atom. The molecule has 1 saturated heterocycles. The zero-order valence-electron chi connectivity index (χ0n) is 9.40. The fourth-order valence-corrected chi connectivity index (χ4v) is 1.87. The molecule has 0 spiro atoms. The van der Waals surface area contributed by atoms with Crippen molar-refractivity contribution < 1.29 is 33.6 Å². The van der Waals surface area contributed by atoms with Crippen LogP contribution in [-0.4, -0.2) is 52.0 Å². The third-order valence-electron chi connectivity index (χ3n) is 2.40. The van der Waals surface area contributed by atoms with E-state index in [0.717, 1.165) is 6.42 Å². The van der Waals surface area contributed by atoms with Gasteiger partial charge in [0.1, 0.15) is 0 Å². The van der Waals surface area contributed by atoms with Crippen LogP contribution in [0.25, 0.3) is 0 Å². The first-order chi connectivity index (χ1) is 8.29. The van der Waals surface area contributed by atoms with Gasteiger partial charge < -0.3 is 25.5 Å². The van der Waals surface area contributed by atoms with Crippen LogP contribution in [0.3, 0.4) is 0 Å². The van der Waals surface area contributed by atoms with Crippen LogP contribution < -0.4 is 10.6 Å². The van der Waals surface area contributed by atoms with E-state index < -0.39 is 38.4 Å². The van der Waals surface area contributed by atoms with Gasteiger partial charge in [0.05, 0.1) is 12.6 Å². The summed E-state index contributed by atoms with van der Waals surface area (Å²) in [6.45, 7) is -0.118. The molecule has 0 bridgehead atoms. The molecule has 1 aliphatic heterocycles. The largest absolute Gasteiger partial charge is 0.480 e. The predicted octanol–water partition coefficient (Wildman–Crippen LogP) is -1.58. The number of phosphoric acid groups is 1. The summed E-state index contributed by atoms with van der Waals surface area (Å²) in [5.74, 6) is -1.94. The van der Waals surface area contributed by atoms with Crippen LogP contribution in [0.15, 0.2) is 0 Å². The van der Waals surface area contributed by atoms with Crippen molar-refractivity contribution in [1.82, 2.24) is 10.6 Å². The van der Waals surface area contributed by atoms with Crippen LogP contribution in [0.4, 0.5) is 0 Å². The number of carbonyl (C=O) groups is 2. The lowest BCUT2D eigenvalue weighted by Gasteiger charge is -2.17. The van der Waals surface area contributed by atoms with Crippen molar-refractivity contribution in [3.05, 3.63) is 0 Å². The molecule has 9 nitrogen and oxygen atoms in total. The van der Waals surface area contributed by atoms with Crippen molar-refractivity contribution in [3.63, 3.8) is 0 Å². The summed E-state index contributed by atoms with van der Waals surface area (Å²) in [5.41, 5.74) is 0. The fourth-order valence-electron chi connectivity index (χ4n) is 1.53. The van der Waals surface area contributed by atoms with Crippen LogP contribution in [-0.2, 0) is 18.7 Å². The molecule has 0 saturated carbocycles. The Hall–Kier alpha value is -0.990. The summed E-state index contributed by atoms with van der Waals surface area (Å²) in [7, 11) is -4.76. The van der Waals surface area contributed by atoms with Crippen molar-refractivity contribution in [2.75, 3.05) is 13.2 Å². The molecule has 18 heavy (non-hydrogen) atoms. The SMILES string of the molecule is O=C(O)[C@H](COP(=O)(O)O)NC(=O)[C@@H]1CCCN1. The van der Waals surface area contributed by atoms with Gasteiger partial charge in [-0.1, -0.05) is 0 Å². The second-order valence-electron chi connectivity index (χ2n) is 3.83. The maximum atomic E-state index is 11.6. The van der Waals surface area contributed by atoms with Crippen molar-refractivity contribution in [1.29, 1.82) is 0 Å². The zero-order valence-corrected chi connectivity index (χ0v) is 10.3. The van der Waals surface area contributed by atoms with E-state index in [1.165, 1.54) is 0 Å². The molecule has 0 aromatic heterocycles. The number of carboxylic acids is 1. The van der Waals surface area contributed by atoms with Crippen LogP contribution in [0.2, 0.25) is 0 Å². The molecule has 0 aromatic carbocycles. The molecule has 1 heterocycles. The summed E-state index contributed by atoms with van der Waals surface area (Å²) >= 11 is 0. The topological polar surface area (TPSA) is 145 Å². The number of rotatable bonds is 6. The summed E-state index contributed by atoms with van der Waals surface area (Å²) in [5, 5.41) is 13.8. The van der Waals surface area contributed by atoms with Crippen molar-refractivity contribution in [2.24, 2.45) is 0 Å². The number of carboxylic acid groups (broad SMARTS) is 1. The monoisotopic (exact) mass is 282 g/mol. The van der Waals surface area contributed by atoms with Gasteiger partial charge in [-0.05, 0) is 19.4 Å². The number of nitrogens with one attached hydrogen (secondary N) is 2. The summed E-state index contributed by atoms with van der Waals surface area (Å²) in [6, 6.07) is -1.96. The highest BCUT2D eigenvalue weighted by atomic mass is 31.2. The van der Waals surface area contributed by atoms with Crippen molar-refractivity contribution >= 4 is 19.7 Å². The standard InChI is InChI=1S/C8H15N2O7P/c11-7(5-2-1-3-9-5)10-6(8(12)13)4-17-18(14,15)16/h5-6,9H,1-4H2,(H,10,11)(H,12,13)(H2,14,15,16)/t5-,6-/m0/s1. The maximum Gasteiger partial charge on any atom is 0.469 e. The second kappa shape index (κ2) is 6.26. The highest BCUT2D eigenvalue weighted by Gasteiger charge is 2.29. The van der Waals surface area contributed by atoms with Gasteiger partial charge in [0.2, 0.25) is 5.91 Å². The fraction of sp³-hybridized carbons (Fsp3) is 0.750. The molecule has 1 amide bonds. The molecule has 1 fully saturated rings. The van der Waals surface area contributed by atoms with E-state index in [2.05, 4.69) is 15.2 Å². The van der Waals surface area contributed by atoms with Gasteiger partial charge in [-0.15, -0.1) is 0 Å². The average molecular weight is 282 g/mol. The molecule has 0 radical (unpaired) electrons. The molecule has 2 atom stereocenters. The summed E-state index contributed by atoms with van der Waals surface area (Å²) in [4.78, 5) is 39.3. The van der Waals surface area contributed by atoms with Gasteiger partial charge in [-0.3, -0.25) is 9.32 Å². The number of phosphoric ester groups is 1. The van der Waals surface area contributed by atoms with Gasteiger partial charge in [-0.2, -0.15) is 0 Å².